The van der Waals surface area contributed by atoms with Crippen LogP contribution >= 0.6 is 12.4 Å². The second-order valence-corrected chi connectivity index (χ2v) is 13.6. The van der Waals surface area contributed by atoms with E-state index >= 15 is 0 Å². The molecule has 0 amide bonds. The fourth-order valence-corrected chi connectivity index (χ4v) is 7.55. The third kappa shape index (κ3) is 7.17. The van der Waals surface area contributed by atoms with E-state index in [1.165, 1.54) is 6.33 Å². The molecule has 1 unspecified atom stereocenters. The molecule has 7 N–H and O–H groups in total. The average molecular weight is 769 g/mol. The number of aliphatic hydroxyl groups excluding tert-OH is 2. The Bertz CT molecular complexity index is 2390. The maximum Gasteiger partial charge on any atom is 0.280 e. The predicted octanol–water partition coefficient (Wildman–Crippen LogP) is 3.81. The Balaban J connectivity index is 0.000000190. The van der Waals surface area contributed by atoms with Crippen LogP contribution in [0.5, 0.6) is 5.88 Å². The topological polar surface area (TPSA) is 227 Å². The van der Waals surface area contributed by atoms with Gasteiger partial charge in [0.25, 0.3) is 5.56 Å². The van der Waals surface area contributed by atoms with Crippen molar-refractivity contribution in [3.8, 4) is 5.88 Å². The van der Waals surface area contributed by atoms with Crippen LogP contribution in [0.15, 0.2) is 102 Å². The molecular formula is C38H41ClN10O6. The maximum atomic E-state index is 11.7. The lowest BCUT2D eigenvalue weighted by atomic mass is 10.0. The molecule has 16 nitrogen and oxygen atoms in total. The number of nitrogens with zero attached hydrogens (tertiary/aromatic N) is 7. The van der Waals surface area contributed by atoms with E-state index in [0.29, 0.717) is 47.9 Å². The van der Waals surface area contributed by atoms with Gasteiger partial charge in [0, 0.05) is 17.4 Å². The Kier molecular flexibility index (Phi) is 10.7. The van der Waals surface area contributed by atoms with Gasteiger partial charge in [-0.3, -0.25) is 9.78 Å². The summed E-state index contributed by atoms with van der Waals surface area (Å²) in [5.41, 5.74) is 16.7. The van der Waals surface area contributed by atoms with Crippen molar-refractivity contribution in [2.24, 2.45) is 11.8 Å². The number of aromatic nitrogens is 8. The van der Waals surface area contributed by atoms with Crippen LogP contribution in [0, 0.1) is 11.8 Å². The maximum absolute atomic E-state index is 11.7. The van der Waals surface area contributed by atoms with E-state index in [4.69, 9.17) is 25.7 Å². The molecule has 9 rings (SSSR count). The van der Waals surface area contributed by atoms with Gasteiger partial charge in [-0.15, -0.1) is 12.4 Å². The highest BCUT2D eigenvalue weighted by molar-refractivity contribution is 5.85. The monoisotopic (exact) mass is 768 g/mol. The van der Waals surface area contributed by atoms with Crippen molar-refractivity contribution < 1.29 is 24.4 Å². The Hall–Kier alpha value is -5.65. The molecule has 3 fully saturated rings. The standard InChI is InChI=1S/C26H25N5O3.C12H15N5O3.ClH/c1-16-19-14-33-25(18-10-6-3-7-11-18)34-21(19)12-20(16)31-15-28-22-23(31)29-26(27)30-24(22)32-13-17-8-4-2-5-9-17;1-5-6(3-18)8(19)2-7(5)17-4-14-9-10(17)15-12(13)16-11(9)20;/h2-11,15,19-21,25H,1,12-14H2,(H2,27,29,30);4,6-8,18-19H,1-3H2,(H3,13,15,16,20);1H/t19-,20-,21-,25?;6-,7-,8-;/m00./s1. The summed E-state index contributed by atoms with van der Waals surface area (Å²) in [4.78, 5) is 35.6. The summed E-state index contributed by atoms with van der Waals surface area (Å²) in [5.74, 6) is 0.247. The third-order valence-electron chi connectivity index (χ3n) is 10.4. The molecule has 1 aliphatic heterocycles. The van der Waals surface area contributed by atoms with Crippen molar-refractivity contribution in [1.29, 1.82) is 0 Å². The Morgan fingerprint density at radius 2 is 1.55 bits per heavy atom. The smallest absolute Gasteiger partial charge is 0.280 e. The molecule has 2 saturated carbocycles. The minimum Gasteiger partial charge on any atom is -0.471 e. The van der Waals surface area contributed by atoms with Gasteiger partial charge in [0.2, 0.25) is 17.8 Å². The number of nitrogens with two attached hydrogens (primary N) is 2. The fourth-order valence-electron chi connectivity index (χ4n) is 7.55. The van der Waals surface area contributed by atoms with Crippen LogP contribution in [0.2, 0.25) is 0 Å². The van der Waals surface area contributed by atoms with Gasteiger partial charge in [0.1, 0.15) is 6.61 Å². The number of benzene rings is 2. The summed E-state index contributed by atoms with van der Waals surface area (Å²) in [6, 6.07) is 19.6. The van der Waals surface area contributed by atoms with Crippen LogP contribution in [0.3, 0.4) is 0 Å². The van der Waals surface area contributed by atoms with Gasteiger partial charge in [-0.1, -0.05) is 73.8 Å². The van der Waals surface area contributed by atoms with Crippen LogP contribution in [0.25, 0.3) is 22.3 Å². The molecule has 3 aliphatic rings. The first kappa shape index (κ1) is 37.7. The molecule has 6 aromatic rings. The molecule has 17 heteroatoms. The molecule has 0 spiro atoms. The number of fused-ring (bicyclic) bond motifs is 3. The minimum absolute atomic E-state index is 0. The zero-order valence-corrected chi connectivity index (χ0v) is 30.5. The first-order valence-corrected chi connectivity index (χ1v) is 17.6. The van der Waals surface area contributed by atoms with Gasteiger partial charge in [-0.05, 0) is 29.6 Å². The molecular weight excluding hydrogens is 728 g/mol. The van der Waals surface area contributed by atoms with Gasteiger partial charge >= 0.3 is 0 Å². The number of nitrogens with one attached hydrogen (secondary N) is 1. The molecule has 1 saturated heterocycles. The number of anilines is 2. The summed E-state index contributed by atoms with van der Waals surface area (Å²) in [5, 5.41) is 19.2. The predicted molar refractivity (Wildman–Crippen MR) is 206 cm³/mol. The number of halogens is 1. The van der Waals surface area contributed by atoms with Crippen LogP contribution in [-0.4, -0.2) is 74.7 Å². The van der Waals surface area contributed by atoms with Crippen molar-refractivity contribution in [2.75, 3.05) is 24.7 Å². The molecule has 7 atom stereocenters. The fraction of sp³-hybridized carbons (Fsp3) is 0.316. The second-order valence-electron chi connectivity index (χ2n) is 13.6. The van der Waals surface area contributed by atoms with Crippen LogP contribution in [-0.2, 0) is 16.1 Å². The van der Waals surface area contributed by atoms with Crippen molar-refractivity contribution in [3.05, 3.63) is 119 Å². The van der Waals surface area contributed by atoms with Crippen molar-refractivity contribution in [1.82, 2.24) is 39.0 Å². The number of rotatable bonds is 7. The quantitative estimate of drug-likeness (QED) is 0.146. The second kappa shape index (κ2) is 15.6. The summed E-state index contributed by atoms with van der Waals surface area (Å²) in [6.07, 6.45) is 3.35. The number of aromatic amines is 1. The van der Waals surface area contributed by atoms with E-state index < -0.39 is 11.7 Å². The minimum atomic E-state index is -0.672. The van der Waals surface area contributed by atoms with E-state index in [2.05, 4.69) is 43.1 Å². The highest BCUT2D eigenvalue weighted by atomic mass is 35.5. The average Bonchev–Trinajstić information content (AvgIpc) is 3.94. The number of hydrogen-bond acceptors (Lipinski definition) is 13. The van der Waals surface area contributed by atoms with Gasteiger partial charge in [-0.2, -0.15) is 15.0 Å². The SMILES string of the molecule is C=C1[C@@H]2COC(c3ccccc3)O[C@H]2C[C@@H]1n1cnc2c(OCc3ccccc3)nc(N)nc21.C=C1[C@H](CO)[C@@H](O)C[C@@H]1n1cnc2c(=O)[nH]c(N)nc21.Cl. The molecule has 2 aromatic carbocycles. The number of hydrogen-bond donors (Lipinski definition) is 5. The van der Waals surface area contributed by atoms with E-state index in [-0.39, 0.29) is 72.7 Å². The molecule has 0 bridgehead atoms. The molecule has 286 valence electrons. The Morgan fingerprint density at radius 1 is 0.891 bits per heavy atom. The molecule has 5 heterocycles. The first-order valence-electron chi connectivity index (χ1n) is 17.6. The Morgan fingerprint density at radius 3 is 2.24 bits per heavy atom. The van der Waals surface area contributed by atoms with E-state index in [0.717, 1.165) is 23.1 Å². The molecule has 4 aromatic heterocycles. The molecule has 2 aliphatic carbocycles. The molecule has 55 heavy (non-hydrogen) atoms. The third-order valence-corrected chi connectivity index (χ3v) is 10.4. The van der Waals surface area contributed by atoms with E-state index in [1.54, 1.807) is 10.9 Å². The van der Waals surface area contributed by atoms with Crippen LogP contribution < -0.4 is 21.8 Å². The number of nitrogen functional groups attached to an aromatic ring is 2. The highest BCUT2D eigenvalue weighted by Crippen LogP contribution is 2.47. The normalized spacial score (nSPS) is 24.7. The summed E-state index contributed by atoms with van der Waals surface area (Å²) < 4.78 is 22.0. The van der Waals surface area contributed by atoms with Gasteiger partial charge in [-0.25, -0.2) is 9.97 Å². The summed E-state index contributed by atoms with van der Waals surface area (Å²) in [6.45, 7) is 9.08. The zero-order chi connectivity index (χ0) is 37.5. The Labute approximate surface area is 320 Å². The van der Waals surface area contributed by atoms with E-state index in [9.17, 15) is 15.0 Å². The summed E-state index contributed by atoms with van der Waals surface area (Å²) in [7, 11) is 0. The van der Waals surface area contributed by atoms with Crippen molar-refractivity contribution in [3.63, 3.8) is 0 Å². The lowest BCUT2D eigenvalue weighted by Crippen LogP contribution is -2.32. The van der Waals surface area contributed by atoms with Crippen LogP contribution in [0.1, 0.15) is 42.3 Å². The highest BCUT2D eigenvalue weighted by Gasteiger charge is 2.44. The van der Waals surface area contributed by atoms with Gasteiger partial charge < -0.3 is 45.0 Å². The van der Waals surface area contributed by atoms with Crippen molar-refractivity contribution in [2.45, 2.75) is 50.0 Å². The first-order chi connectivity index (χ1) is 26.2. The summed E-state index contributed by atoms with van der Waals surface area (Å²) >= 11 is 0. The molecule has 0 radical (unpaired) electrons. The lowest BCUT2D eigenvalue weighted by molar-refractivity contribution is -0.229. The number of ether oxygens (including phenoxy) is 3. The number of H-pyrrole nitrogens is 1. The van der Waals surface area contributed by atoms with E-state index in [1.807, 2.05) is 65.2 Å². The largest absolute Gasteiger partial charge is 0.471 e. The number of imidazole rings is 2. The van der Waals surface area contributed by atoms with Gasteiger partial charge in [0.15, 0.2) is 28.6 Å². The van der Waals surface area contributed by atoms with Gasteiger partial charge in [0.05, 0.1) is 50.2 Å². The van der Waals surface area contributed by atoms with Crippen molar-refractivity contribution >= 4 is 46.6 Å². The van der Waals surface area contributed by atoms with Crippen LogP contribution in [0.4, 0.5) is 11.9 Å². The lowest BCUT2D eigenvalue weighted by Gasteiger charge is -2.33. The number of aliphatic hydroxyl groups is 2. The zero-order valence-electron chi connectivity index (χ0n) is 29.6.